The summed E-state index contributed by atoms with van der Waals surface area (Å²) in [7, 11) is 1.73. The molecule has 5 nitrogen and oxygen atoms in total. The highest BCUT2D eigenvalue weighted by molar-refractivity contribution is 5.79. The van der Waals surface area contributed by atoms with Gasteiger partial charge < -0.3 is 20.3 Å². The maximum atomic E-state index is 13.7. The van der Waals surface area contributed by atoms with Crippen LogP contribution in [-0.4, -0.2) is 57.3 Å². The van der Waals surface area contributed by atoms with E-state index in [1.54, 1.807) is 7.11 Å². The first-order valence-corrected chi connectivity index (χ1v) is 9.29. The van der Waals surface area contributed by atoms with Crippen molar-refractivity contribution >= 4 is 5.96 Å². The van der Waals surface area contributed by atoms with Gasteiger partial charge in [0.15, 0.2) is 5.96 Å². The first kappa shape index (κ1) is 20.6. The summed E-state index contributed by atoms with van der Waals surface area (Å²) < 4.78 is 32.1. The van der Waals surface area contributed by atoms with E-state index in [2.05, 4.69) is 20.5 Å². The smallest absolute Gasteiger partial charge is 0.191 e. The van der Waals surface area contributed by atoms with Gasteiger partial charge in [0.1, 0.15) is 11.6 Å². The van der Waals surface area contributed by atoms with E-state index in [1.165, 1.54) is 6.07 Å². The molecule has 26 heavy (non-hydrogen) atoms. The molecule has 146 valence electrons. The second-order valence-corrected chi connectivity index (χ2v) is 6.59. The van der Waals surface area contributed by atoms with Crippen molar-refractivity contribution in [3.8, 4) is 0 Å². The van der Waals surface area contributed by atoms with Gasteiger partial charge in [-0.3, -0.25) is 0 Å². The van der Waals surface area contributed by atoms with Crippen LogP contribution in [0, 0.1) is 17.6 Å². The zero-order chi connectivity index (χ0) is 18.8. The summed E-state index contributed by atoms with van der Waals surface area (Å²) in [4.78, 5) is 6.81. The molecule has 2 rings (SSSR count). The normalized spacial score (nSPS) is 16.7. The lowest BCUT2D eigenvalue weighted by Crippen LogP contribution is -2.43. The van der Waals surface area contributed by atoms with Crippen LogP contribution in [0.1, 0.15) is 25.3 Å². The molecule has 0 saturated carbocycles. The zero-order valence-electron chi connectivity index (χ0n) is 15.7. The van der Waals surface area contributed by atoms with Crippen molar-refractivity contribution in [1.29, 1.82) is 0 Å². The largest absolute Gasteiger partial charge is 0.383 e. The van der Waals surface area contributed by atoms with Gasteiger partial charge in [0.05, 0.1) is 13.2 Å². The quantitative estimate of drug-likeness (QED) is 0.546. The minimum Gasteiger partial charge on any atom is -0.383 e. The number of halogens is 2. The minimum atomic E-state index is -0.449. The van der Waals surface area contributed by atoms with Crippen molar-refractivity contribution < 1.29 is 13.5 Å². The molecular weight excluding hydrogens is 338 g/mol. The summed E-state index contributed by atoms with van der Waals surface area (Å²) in [5.74, 6) is 0.339. The number of hydrogen-bond donors (Lipinski definition) is 2. The molecule has 0 radical (unpaired) electrons. The number of nitrogens with one attached hydrogen (secondary N) is 2. The number of piperidine rings is 1. The van der Waals surface area contributed by atoms with Gasteiger partial charge in [0, 0.05) is 32.3 Å². The molecule has 0 bridgehead atoms. The third kappa shape index (κ3) is 6.88. The van der Waals surface area contributed by atoms with E-state index in [1.807, 2.05) is 6.92 Å². The summed E-state index contributed by atoms with van der Waals surface area (Å²) in [6.45, 7) is 7.55. The van der Waals surface area contributed by atoms with E-state index in [-0.39, 0.29) is 12.1 Å². The molecule has 1 aromatic carbocycles. The van der Waals surface area contributed by atoms with Crippen molar-refractivity contribution in [2.45, 2.75) is 26.3 Å². The van der Waals surface area contributed by atoms with E-state index in [0.717, 1.165) is 57.8 Å². The van der Waals surface area contributed by atoms with Crippen molar-refractivity contribution in [2.75, 3.05) is 46.4 Å². The van der Waals surface area contributed by atoms with Gasteiger partial charge in [-0.15, -0.1) is 0 Å². The SMILES string of the molecule is CCNC(=NCc1cc(F)ccc1F)NCC1CCN(CCOC)CC1. The van der Waals surface area contributed by atoms with Crippen molar-refractivity contribution in [2.24, 2.45) is 10.9 Å². The van der Waals surface area contributed by atoms with Gasteiger partial charge in [-0.05, 0) is 57.0 Å². The highest BCUT2D eigenvalue weighted by atomic mass is 19.1. The summed E-state index contributed by atoms with van der Waals surface area (Å²) >= 11 is 0. The van der Waals surface area contributed by atoms with E-state index in [0.29, 0.717) is 18.4 Å². The van der Waals surface area contributed by atoms with Crippen LogP contribution in [0.3, 0.4) is 0 Å². The molecule has 0 atom stereocenters. The summed E-state index contributed by atoms with van der Waals surface area (Å²) in [5.41, 5.74) is 0.258. The van der Waals surface area contributed by atoms with Crippen LogP contribution in [0.4, 0.5) is 8.78 Å². The maximum Gasteiger partial charge on any atom is 0.191 e. The van der Waals surface area contributed by atoms with Crippen molar-refractivity contribution in [1.82, 2.24) is 15.5 Å². The molecule has 2 N–H and O–H groups in total. The Morgan fingerprint density at radius 3 is 2.73 bits per heavy atom. The van der Waals surface area contributed by atoms with Gasteiger partial charge in [-0.2, -0.15) is 0 Å². The predicted molar refractivity (Wildman–Crippen MR) is 100 cm³/mol. The molecule has 1 aromatic rings. The highest BCUT2D eigenvalue weighted by Gasteiger charge is 2.19. The summed E-state index contributed by atoms with van der Waals surface area (Å²) in [5, 5.41) is 6.49. The number of likely N-dealkylation sites (tertiary alicyclic amines) is 1. The molecule has 0 unspecified atom stereocenters. The Kier molecular flexibility index (Phi) is 8.77. The lowest BCUT2D eigenvalue weighted by atomic mass is 9.97. The van der Waals surface area contributed by atoms with Crippen LogP contribution >= 0.6 is 0 Å². The van der Waals surface area contributed by atoms with Gasteiger partial charge in [0.2, 0.25) is 0 Å². The molecule has 1 fully saturated rings. The van der Waals surface area contributed by atoms with E-state index in [9.17, 15) is 8.78 Å². The van der Waals surface area contributed by atoms with Crippen LogP contribution in [0.5, 0.6) is 0 Å². The molecule has 0 amide bonds. The topological polar surface area (TPSA) is 48.9 Å². The monoisotopic (exact) mass is 368 g/mol. The minimum absolute atomic E-state index is 0.106. The molecule has 1 saturated heterocycles. The van der Waals surface area contributed by atoms with E-state index in [4.69, 9.17) is 4.74 Å². The Balaban J connectivity index is 1.81. The van der Waals surface area contributed by atoms with Crippen LogP contribution in [0.15, 0.2) is 23.2 Å². The van der Waals surface area contributed by atoms with Gasteiger partial charge >= 0.3 is 0 Å². The Morgan fingerprint density at radius 2 is 2.04 bits per heavy atom. The van der Waals surface area contributed by atoms with Crippen molar-refractivity contribution in [3.05, 3.63) is 35.4 Å². The molecule has 1 aliphatic heterocycles. The lowest BCUT2D eigenvalue weighted by Gasteiger charge is -2.32. The Morgan fingerprint density at radius 1 is 1.27 bits per heavy atom. The fraction of sp³-hybridized carbons (Fsp3) is 0.632. The van der Waals surface area contributed by atoms with Gasteiger partial charge in [-0.25, -0.2) is 13.8 Å². The average molecular weight is 368 g/mol. The fourth-order valence-corrected chi connectivity index (χ4v) is 3.05. The number of guanidine groups is 1. The third-order valence-corrected chi connectivity index (χ3v) is 4.64. The standard InChI is InChI=1S/C19H30F2N4O/c1-3-22-19(24-14-16-12-17(20)4-5-18(16)21)23-13-15-6-8-25(9-7-15)10-11-26-2/h4-5,12,15H,3,6-11,13-14H2,1-2H3,(H2,22,23,24). The zero-order valence-corrected chi connectivity index (χ0v) is 15.7. The predicted octanol–water partition coefficient (Wildman–Crippen LogP) is 2.38. The number of nitrogens with zero attached hydrogens (tertiary/aromatic N) is 2. The first-order valence-electron chi connectivity index (χ1n) is 9.29. The second kappa shape index (κ2) is 11.1. The number of rotatable bonds is 8. The number of ether oxygens (including phenoxy) is 1. The Labute approximate surface area is 154 Å². The molecule has 0 aromatic heterocycles. The molecule has 1 heterocycles. The maximum absolute atomic E-state index is 13.7. The third-order valence-electron chi connectivity index (χ3n) is 4.64. The average Bonchev–Trinajstić information content (AvgIpc) is 2.65. The molecule has 7 heteroatoms. The van der Waals surface area contributed by atoms with Gasteiger partial charge in [-0.1, -0.05) is 0 Å². The van der Waals surface area contributed by atoms with Crippen LogP contribution in [0.25, 0.3) is 0 Å². The summed E-state index contributed by atoms with van der Waals surface area (Å²) in [6.07, 6.45) is 2.27. The van der Waals surface area contributed by atoms with E-state index >= 15 is 0 Å². The lowest BCUT2D eigenvalue weighted by molar-refractivity contribution is 0.121. The number of aliphatic imine (C=N–C) groups is 1. The molecule has 0 spiro atoms. The van der Waals surface area contributed by atoms with Crippen LogP contribution in [-0.2, 0) is 11.3 Å². The number of hydrogen-bond acceptors (Lipinski definition) is 3. The van der Waals surface area contributed by atoms with Crippen LogP contribution < -0.4 is 10.6 Å². The van der Waals surface area contributed by atoms with E-state index < -0.39 is 11.6 Å². The second-order valence-electron chi connectivity index (χ2n) is 6.59. The molecule has 1 aliphatic rings. The highest BCUT2D eigenvalue weighted by Crippen LogP contribution is 2.16. The first-order chi connectivity index (χ1) is 12.6. The number of methoxy groups -OCH3 is 1. The Hall–Kier alpha value is -1.73. The fourth-order valence-electron chi connectivity index (χ4n) is 3.05. The molecular formula is C19H30F2N4O. The van der Waals surface area contributed by atoms with Crippen LogP contribution in [0.2, 0.25) is 0 Å². The van der Waals surface area contributed by atoms with Gasteiger partial charge in [0.25, 0.3) is 0 Å². The summed E-state index contributed by atoms with van der Waals surface area (Å²) in [6, 6.07) is 3.45. The number of benzene rings is 1. The molecule has 0 aliphatic carbocycles. The Bertz CT molecular complexity index is 575. The van der Waals surface area contributed by atoms with Crippen molar-refractivity contribution in [3.63, 3.8) is 0 Å².